The molecule has 2 N–H and O–H groups in total. The highest BCUT2D eigenvalue weighted by atomic mass is 35.5. The van der Waals surface area contributed by atoms with Gasteiger partial charge in [-0.05, 0) is 34.8 Å². The van der Waals surface area contributed by atoms with Crippen molar-refractivity contribution in [3.05, 3.63) is 70.9 Å². The SMILES string of the molecule is CC(C)(C)c1ccccc1NC(=O)N/C=C/c1ccccc1Cl. The van der Waals surface area contributed by atoms with Gasteiger partial charge in [-0.15, -0.1) is 0 Å². The summed E-state index contributed by atoms with van der Waals surface area (Å²) in [6.45, 7) is 6.34. The van der Waals surface area contributed by atoms with Crippen molar-refractivity contribution in [1.82, 2.24) is 5.32 Å². The molecule has 0 atom stereocenters. The predicted molar refractivity (Wildman–Crippen MR) is 97.8 cm³/mol. The molecule has 0 radical (unpaired) electrons. The van der Waals surface area contributed by atoms with Crippen LogP contribution in [0.3, 0.4) is 0 Å². The highest BCUT2D eigenvalue weighted by Gasteiger charge is 2.18. The molecule has 2 aromatic rings. The maximum absolute atomic E-state index is 12.1. The third-order valence-electron chi connectivity index (χ3n) is 3.37. The zero-order valence-corrected chi connectivity index (χ0v) is 14.3. The molecule has 2 rings (SSSR count). The van der Waals surface area contributed by atoms with Crippen LogP contribution in [0.5, 0.6) is 0 Å². The molecule has 0 spiro atoms. The lowest BCUT2D eigenvalue weighted by Gasteiger charge is -2.22. The molecule has 0 aliphatic heterocycles. The first-order valence-electron chi connectivity index (χ1n) is 7.46. The van der Waals surface area contributed by atoms with Crippen LogP contribution in [0.4, 0.5) is 10.5 Å². The van der Waals surface area contributed by atoms with Crippen LogP contribution in [0.1, 0.15) is 31.9 Å². The molecule has 2 amide bonds. The van der Waals surface area contributed by atoms with E-state index in [9.17, 15) is 4.79 Å². The van der Waals surface area contributed by atoms with Gasteiger partial charge in [0.2, 0.25) is 0 Å². The van der Waals surface area contributed by atoms with Gasteiger partial charge >= 0.3 is 6.03 Å². The number of anilines is 1. The lowest BCUT2D eigenvalue weighted by molar-refractivity contribution is 0.255. The van der Waals surface area contributed by atoms with E-state index in [1.807, 2.05) is 42.5 Å². The Morgan fingerprint density at radius 3 is 2.39 bits per heavy atom. The molecule has 0 aliphatic rings. The number of hydrogen-bond acceptors (Lipinski definition) is 1. The topological polar surface area (TPSA) is 41.1 Å². The fraction of sp³-hybridized carbons (Fsp3) is 0.211. The van der Waals surface area contributed by atoms with E-state index >= 15 is 0 Å². The normalized spacial score (nSPS) is 11.5. The van der Waals surface area contributed by atoms with Crippen molar-refractivity contribution in [2.45, 2.75) is 26.2 Å². The van der Waals surface area contributed by atoms with Gasteiger partial charge in [0, 0.05) is 16.9 Å². The Bertz CT molecular complexity index is 717. The van der Waals surface area contributed by atoms with Crippen molar-refractivity contribution < 1.29 is 4.79 Å². The molecule has 0 bridgehead atoms. The van der Waals surface area contributed by atoms with Crippen LogP contribution < -0.4 is 10.6 Å². The quantitative estimate of drug-likeness (QED) is 0.775. The second-order valence-corrected chi connectivity index (χ2v) is 6.66. The molecular formula is C19H21ClN2O. The second kappa shape index (κ2) is 7.34. The second-order valence-electron chi connectivity index (χ2n) is 6.25. The van der Waals surface area contributed by atoms with Crippen molar-refractivity contribution >= 4 is 29.4 Å². The van der Waals surface area contributed by atoms with Crippen LogP contribution in [0, 0.1) is 0 Å². The van der Waals surface area contributed by atoms with E-state index in [0.29, 0.717) is 5.02 Å². The smallest absolute Gasteiger partial charge is 0.314 e. The minimum Gasteiger partial charge on any atom is -0.314 e. The molecule has 0 aliphatic carbocycles. The minimum absolute atomic E-state index is 0.0444. The number of amides is 2. The van der Waals surface area contributed by atoms with Gasteiger partial charge in [-0.1, -0.05) is 68.8 Å². The Balaban J connectivity index is 2.03. The first-order valence-corrected chi connectivity index (χ1v) is 7.84. The number of nitrogens with one attached hydrogen (secondary N) is 2. The van der Waals surface area contributed by atoms with E-state index in [4.69, 9.17) is 11.6 Å². The number of rotatable bonds is 3. The number of urea groups is 1. The summed E-state index contributed by atoms with van der Waals surface area (Å²) in [4.78, 5) is 12.1. The molecule has 3 nitrogen and oxygen atoms in total. The van der Waals surface area contributed by atoms with Crippen LogP contribution in [-0.4, -0.2) is 6.03 Å². The fourth-order valence-corrected chi connectivity index (χ4v) is 2.42. The molecule has 0 aromatic heterocycles. The van der Waals surface area contributed by atoms with Crippen molar-refractivity contribution in [1.29, 1.82) is 0 Å². The fourth-order valence-electron chi connectivity index (χ4n) is 2.22. The third-order valence-corrected chi connectivity index (χ3v) is 3.71. The van der Waals surface area contributed by atoms with Crippen molar-refractivity contribution in [2.75, 3.05) is 5.32 Å². The summed E-state index contributed by atoms with van der Waals surface area (Å²) in [6, 6.07) is 15.0. The number of halogens is 1. The lowest BCUT2D eigenvalue weighted by Crippen LogP contribution is -2.26. The minimum atomic E-state index is -0.287. The van der Waals surface area contributed by atoms with Crippen LogP contribution in [0.25, 0.3) is 6.08 Å². The molecule has 4 heteroatoms. The molecule has 2 aromatic carbocycles. The standard InChI is InChI=1S/C19H21ClN2O/c1-19(2,3)15-9-5-7-11-17(15)22-18(23)21-13-12-14-8-4-6-10-16(14)20/h4-13H,1-3H3,(H2,21,22,23)/b13-12+. The maximum atomic E-state index is 12.1. The predicted octanol–water partition coefficient (Wildman–Crippen LogP) is 5.43. The van der Waals surface area contributed by atoms with Gasteiger partial charge in [-0.25, -0.2) is 4.79 Å². The monoisotopic (exact) mass is 328 g/mol. The average molecular weight is 329 g/mol. The van der Waals surface area contributed by atoms with E-state index in [1.165, 1.54) is 0 Å². The van der Waals surface area contributed by atoms with Crippen LogP contribution in [0.15, 0.2) is 54.7 Å². The first-order chi connectivity index (χ1) is 10.9. The molecule has 0 fully saturated rings. The summed E-state index contributed by atoms with van der Waals surface area (Å²) in [5.74, 6) is 0. The van der Waals surface area contributed by atoms with E-state index < -0.39 is 0 Å². The van der Waals surface area contributed by atoms with Crippen molar-refractivity contribution in [3.8, 4) is 0 Å². The van der Waals surface area contributed by atoms with Crippen LogP contribution >= 0.6 is 11.6 Å². The lowest BCUT2D eigenvalue weighted by atomic mass is 9.86. The van der Waals surface area contributed by atoms with Gasteiger partial charge in [0.25, 0.3) is 0 Å². The Labute approximate surface area is 142 Å². The highest BCUT2D eigenvalue weighted by Crippen LogP contribution is 2.29. The molecule has 23 heavy (non-hydrogen) atoms. The maximum Gasteiger partial charge on any atom is 0.323 e. The molecule has 120 valence electrons. The zero-order valence-electron chi connectivity index (χ0n) is 13.6. The summed E-state index contributed by atoms with van der Waals surface area (Å²) in [6.07, 6.45) is 3.34. The molecular weight excluding hydrogens is 308 g/mol. The van der Waals surface area contributed by atoms with Crippen LogP contribution in [-0.2, 0) is 5.41 Å². The zero-order chi connectivity index (χ0) is 16.9. The summed E-state index contributed by atoms with van der Waals surface area (Å²) < 4.78 is 0. The highest BCUT2D eigenvalue weighted by molar-refractivity contribution is 6.32. The largest absolute Gasteiger partial charge is 0.323 e. The van der Waals surface area contributed by atoms with Gasteiger partial charge in [0.1, 0.15) is 0 Å². The van der Waals surface area contributed by atoms with E-state index in [2.05, 4.69) is 31.4 Å². The number of hydrogen-bond donors (Lipinski definition) is 2. The van der Waals surface area contributed by atoms with Gasteiger partial charge in [-0.3, -0.25) is 0 Å². The number of benzene rings is 2. The molecule has 0 heterocycles. The number of carbonyl (C=O) groups is 1. The van der Waals surface area contributed by atoms with Crippen molar-refractivity contribution in [3.63, 3.8) is 0 Å². The Hall–Kier alpha value is -2.26. The van der Waals surface area contributed by atoms with Gasteiger partial charge < -0.3 is 10.6 Å². The van der Waals surface area contributed by atoms with E-state index in [-0.39, 0.29) is 11.4 Å². The Morgan fingerprint density at radius 1 is 1.04 bits per heavy atom. The Morgan fingerprint density at radius 2 is 1.70 bits per heavy atom. The Kier molecular flexibility index (Phi) is 5.45. The number of carbonyl (C=O) groups excluding carboxylic acids is 1. The van der Waals surface area contributed by atoms with E-state index in [0.717, 1.165) is 16.8 Å². The average Bonchev–Trinajstić information content (AvgIpc) is 2.49. The third kappa shape index (κ3) is 4.86. The van der Waals surface area contributed by atoms with Gasteiger partial charge in [-0.2, -0.15) is 0 Å². The number of para-hydroxylation sites is 1. The summed E-state index contributed by atoms with van der Waals surface area (Å²) >= 11 is 6.06. The van der Waals surface area contributed by atoms with E-state index in [1.54, 1.807) is 18.3 Å². The molecule has 0 saturated heterocycles. The van der Waals surface area contributed by atoms with Crippen LogP contribution in [0.2, 0.25) is 5.02 Å². The molecule has 0 unspecified atom stereocenters. The van der Waals surface area contributed by atoms with Gasteiger partial charge in [0.05, 0.1) is 0 Å². The molecule has 0 saturated carbocycles. The van der Waals surface area contributed by atoms with Crippen molar-refractivity contribution in [2.24, 2.45) is 0 Å². The summed E-state index contributed by atoms with van der Waals surface area (Å²) in [5, 5.41) is 6.22. The summed E-state index contributed by atoms with van der Waals surface area (Å²) in [5.41, 5.74) is 2.70. The summed E-state index contributed by atoms with van der Waals surface area (Å²) in [7, 11) is 0. The van der Waals surface area contributed by atoms with Gasteiger partial charge in [0.15, 0.2) is 0 Å². The first kappa shape index (κ1) is 17.1.